The van der Waals surface area contributed by atoms with E-state index in [2.05, 4.69) is 50.3 Å². The molecule has 0 saturated carbocycles. The number of esters is 2. The summed E-state index contributed by atoms with van der Waals surface area (Å²) in [7, 11) is -4.39. The van der Waals surface area contributed by atoms with Crippen LogP contribution in [0.5, 0.6) is 0 Å². The molecule has 2 atom stereocenters. The predicted molar refractivity (Wildman–Crippen MR) is 404 cm³/mol. The third kappa shape index (κ3) is 79.1. The van der Waals surface area contributed by atoms with Gasteiger partial charge in [0, 0.05) is 19.4 Å². The van der Waals surface area contributed by atoms with Crippen molar-refractivity contribution in [3.63, 3.8) is 0 Å². The molecule has 0 fully saturated rings. The van der Waals surface area contributed by atoms with Crippen LogP contribution in [-0.4, -0.2) is 49.3 Å². The number of allylic oxidation sites excluding steroid dienone is 6. The van der Waals surface area contributed by atoms with Gasteiger partial charge in [0.05, 0.1) is 13.2 Å². The van der Waals surface area contributed by atoms with E-state index in [-0.39, 0.29) is 38.6 Å². The number of hydrogen-bond donors (Lipinski definition) is 2. The van der Waals surface area contributed by atoms with Gasteiger partial charge >= 0.3 is 19.8 Å². The first-order valence-corrected chi connectivity index (χ1v) is 43.0. The second kappa shape index (κ2) is 79.2. The summed E-state index contributed by atoms with van der Waals surface area (Å²) in [5.41, 5.74) is 5.42. The molecular weight excluding hydrogens is 1170 g/mol. The van der Waals surface area contributed by atoms with Crippen molar-refractivity contribution >= 4 is 19.8 Å². The van der Waals surface area contributed by atoms with E-state index >= 15 is 0 Å². The highest BCUT2D eigenvalue weighted by Gasteiger charge is 2.26. The molecule has 0 saturated heterocycles. The summed E-state index contributed by atoms with van der Waals surface area (Å²) in [6.07, 6.45) is 102. The number of unbranched alkanes of at least 4 members (excludes halogenated alkanes) is 61. The highest BCUT2D eigenvalue weighted by Crippen LogP contribution is 2.43. The third-order valence-electron chi connectivity index (χ3n) is 19.0. The van der Waals surface area contributed by atoms with Gasteiger partial charge < -0.3 is 20.1 Å². The molecular formula is C83H160NO8P. The molecule has 0 aliphatic carbocycles. The minimum Gasteiger partial charge on any atom is -0.462 e. The molecule has 0 aromatic rings. The summed E-state index contributed by atoms with van der Waals surface area (Å²) in [6, 6.07) is 0. The summed E-state index contributed by atoms with van der Waals surface area (Å²) in [4.78, 5) is 35.5. The number of hydrogen-bond acceptors (Lipinski definition) is 8. The zero-order valence-corrected chi connectivity index (χ0v) is 63.2. The average Bonchev–Trinajstić information content (AvgIpc) is 3.04. The van der Waals surface area contributed by atoms with Crippen LogP contribution in [0.2, 0.25) is 0 Å². The minimum atomic E-state index is -4.39. The van der Waals surface area contributed by atoms with Crippen LogP contribution in [0.15, 0.2) is 36.5 Å². The zero-order valence-electron chi connectivity index (χ0n) is 62.3. The van der Waals surface area contributed by atoms with E-state index in [1.54, 1.807) is 0 Å². The Morgan fingerprint density at radius 1 is 0.323 bits per heavy atom. The quantitative estimate of drug-likeness (QED) is 0.0264. The van der Waals surface area contributed by atoms with Crippen LogP contribution < -0.4 is 5.73 Å². The minimum absolute atomic E-state index is 0.0569. The molecule has 550 valence electrons. The lowest BCUT2D eigenvalue weighted by molar-refractivity contribution is -0.161. The standard InChI is InChI=1S/C83H160NO8P/c1-3-5-7-9-11-13-15-17-19-21-23-25-27-29-31-33-35-37-39-40-42-44-46-48-50-52-54-56-58-60-62-64-66-68-70-72-74-76-83(86)92-81(80-91-93(87,88)90-78-77-84)79-89-82(85)75-73-71-69-67-65-63-61-59-57-55-53-51-49-47-45-43-41-38-36-34-32-30-28-26-24-22-20-18-16-14-12-10-8-6-4-2/h15,17,21-24,81H,3-14,16,18-20,25-80,84H2,1-2H3,(H,87,88)/b17-15-,23-21-,24-22-. The lowest BCUT2D eigenvalue weighted by atomic mass is 10.0. The van der Waals surface area contributed by atoms with Crippen LogP contribution in [0.4, 0.5) is 0 Å². The molecule has 0 rings (SSSR count). The van der Waals surface area contributed by atoms with Crippen LogP contribution in [0.25, 0.3) is 0 Å². The molecule has 0 aliphatic heterocycles. The molecule has 0 heterocycles. The summed E-state index contributed by atoms with van der Waals surface area (Å²) < 4.78 is 33.3. The van der Waals surface area contributed by atoms with E-state index < -0.39 is 26.5 Å². The average molecular weight is 1330 g/mol. The molecule has 0 bridgehead atoms. The van der Waals surface area contributed by atoms with Crippen molar-refractivity contribution in [3.05, 3.63) is 36.5 Å². The molecule has 0 aliphatic rings. The normalized spacial score (nSPS) is 12.9. The predicted octanol–water partition coefficient (Wildman–Crippen LogP) is 27.8. The Kier molecular flexibility index (Phi) is 77.7. The Morgan fingerprint density at radius 2 is 0.559 bits per heavy atom. The summed E-state index contributed by atoms with van der Waals surface area (Å²) in [5.74, 6) is -0.799. The van der Waals surface area contributed by atoms with Crippen molar-refractivity contribution in [1.29, 1.82) is 0 Å². The zero-order chi connectivity index (χ0) is 67.2. The van der Waals surface area contributed by atoms with Gasteiger partial charge in [-0.2, -0.15) is 0 Å². The van der Waals surface area contributed by atoms with Crippen molar-refractivity contribution in [2.45, 2.75) is 457 Å². The summed E-state index contributed by atoms with van der Waals surface area (Å²) >= 11 is 0. The van der Waals surface area contributed by atoms with E-state index in [4.69, 9.17) is 24.3 Å². The lowest BCUT2D eigenvalue weighted by Crippen LogP contribution is -2.29. The topological polar surface area (TPSA) is 134 Å². The smallest absolute Gasteiger partial charge is 0.462 e. The van der Waals surface area contributed by atoms with Gasteiger partial charge in [-0.1, -0.05) is 403 Å². The number of nitrogens with two attached hydrogens (primary N) is 1. The van der Waals surface area contributed by atoms with Crippen molar-refractivity contribution < 1.29 is 37.6 Å². The SMILES string of the molecule is CCCCCCC/C=C\C/C=C\CCCCCCCCCCCCCCCCCCCCCCCCCCCC(=O)OC(COC(=O)CCCCCCCCCCCCCCCCCCCCCCCCC/C=C\CCCCCCCCCC)COP(=O)(O)OCCN. The first-order chi connectivity index (χ1) is 45.8. The van der Waals surface area contributed by atoms with E-state index in [1.807, 2.05) is 0 Å². The van der Waals surface area contributed by atoms with Crippen molar-refractivity contribution in [2.24, 2.45) is 5.73 Å². The van der Waals surface area contributed by atoms with E-state index in [9.17, 15) is 19.0 Å². The van der Waals surface area contributed by atoms with Gasteiger partial charge in [0.2, 0.25) is 0 Å². The van der Waals surface area contributed by atoms with E-state index in [0.717, 1.165) is 38.5 Å². The second-order valence-corrected chi connectivity index (χ2v) is 29.8. The van der Waals surface area contributed by atoms with Crippen LogP contribution in [0, 0.1) is 0 Å². The second-order valence-electron chi connectivity index (χ2n) is 28.3. The maximum atomic E-state index is 12.8. The first-order valence-electron chi connectivity index (χ1n) is 41.5. The lowest BCUT2D eigenvalue weighted by Gasteiger charge is -2.19. The maximum absolute atomic E-state index is 12.8. The molecule has 93 heavy (non-hydrogen) atoms. The molecule has 10 heteroatoms. The Morgan fingerprint density at radius 3 is 0.828 bits per heavy atom. The summed E-state index contributed by atoms with van der Waals surface area (Å²) in [5, 5.41) is 0. The number of phosphoric ester groups is 1. The van der Waals surface area contributed by atoms with Gasteiger partial charge in [-0.15, -0.1) is 0 Å². The molecule has 0 aromatic carbocycles. The number of phosphoric acid groups is 1. The molecule has 0 spiro atoms. The van der Waals surface area contributed by atoms with Crippen LogP contribution in [-0.2, 0) is 32.7 Å². The third-order valence-corrected chi connectivity index (χ3v) is 20.0. The molecule has 2 unspecified atom stereocenters. The molecule has 3 N–H and O–H groups in total. The number of carbonyl (C=O) groups excluding carboxylic acids is 2. The Hall–Kier alpha value is -1.77. The molecule has 0 amide bonds. The highest BCUT2D eigenvalue weighted by molar-refractivity contribution is 7.47. The van der Waals surface area contributed by atoms with Crippen LogP contribution >= 0.6 is 7.82 Å². The van der Waals surface area contributed by atoms with Gasteiger partial charge in [-0.3, -0.25) is 18.6 Å². The Labute approximate surface area is 579 Å². The monoisotopic (exact) mass is 1330 g/mol. The summed E-state index contributed by atoms with van der Waals surface area (Å²) in [6.45, 7) is 3.82. The molecule has 0 aromatic heterocycles. The Balaban J connectivity index is 3.73. The fourth-order valence-electron chi connectivity index (χ4n) is 12.8. The van der Waals surface area contributed by atoms with Gasteiger partial charge in [-0.25, -0.2) is 4.57 Å². The number of ether oxygens (including phenoxy) is 2. The van der Waals surface area contributed by atoms with Gasteiger partial charge in [0.25, 0.3) is 0 Å². The van der Waals surface area contributed by atoms with Gasteiger partial charge in [0.1, 0.15) is 6.61 Å². The molecule has 9 nitrogen and oxygen atoms in total. The van der Waals surface area contributed by atoms with Crippen LogP contribution in [0.3, 0.4) is 0 Å². The first kappa shape index (κ1) is 91.2. The Bertz CT molecular complexity index is 1620. The van der Waals surface area contributed by atoms with Crippen molar-refractivity contribution in [1.82, 2.24) is 0 Å². The fraction of sp³-hybridized carbons (Fsp3) is 0.904. The van der Waals surface area contributed by atoms with E-state index in [0.29, 0.717) is 6.42 Å². The van der Waals surface area contributed by atoms with Gasteiger partial charge in [0.15, 0.2) is 6.10 Å². The fourth-order valence-corrected chi connectivity index (χ4v) is 13.6. The molecule has 0 radical (unpaired) electrons. The van der Waals surface area contributed by atoms with Crippen molar-refractivity contribution in [2.75, 3.05) is 26.4 Å². The van der Waals surface area contributed by atoms with Crippen LogP contribution in [0.1, 0.15) is 450 Å². The van der Waals surface area contributed by atoms with Crippen molar-refractivity contribution in [3.8, 4) is 0 Å². The maximum Gasteiger partial charge on any atom is 0.472 e. The number of carbonyl (C=O) groups is 2. The number of rotatable bonds is 80. The van der Waals surface area contributed by atoms with E-state index in [1.165, 1.54) is 379 Å². The highest BCUT2D eigenvalue weighted by atomic mass is 31.2. The largest absolute Gasteiger partial charge is 0.472 e. The van der Waals surface area contributed by atoms with Gasteiger partial charge in [-0.05, 0) is 70.6 Å².